The topological polar surface area (TPSA) is 54.4 Å². The molecule has 4 nitrogen and oxygen atoms in total. The van der Waals surface area contributed by atoms with Crippen LogP contribution in [-0.2, 0) is 10.1 Å². The minimum Gasteiger partial charge on any atom is -0.325 e. The van der Waals surface area contributed by atoms with Crippen molar-refractivity contribution >= 4 is 10.1 Å². The fourth-order valence-electron chi connectivity index (χ4n) is 2.83. The Kier molecular flexibility index (Phi) is 12.8. The average molecular weight is 401 g/mol. The Morgan fingerprint density at radius 1 is 0.852 bits per heavy atom. The highest BCUT2D eigenvalue weighted by Gasteiger charge is 2.13. The molecule has 0 aromatic rings. The summed E-state index contributed by atoms with van der Waals surface area (Å²) in [5.41, 5.74) is 4.29. The lowest BCUT2D eigenvalue weighted by atomic mass is 10.1. The van der Waals surface area contributed by atoms with Crippen LogP contribution in [0.3, 0.4) is 0 Å². The first-order chi connectivity index (χ1) is 12.4. The van der Waals surface area contributed by atoms with E-state index in [1.807, 2.05) is 0 Å². The molecule has 0 spiro atoms. The summed E-state index contributed by atoms with van der Waals surface area (Å²) < 4.78 is 31.1. The average Bonchev–Trinajstić information content (AvgIpc) is 2.51. The summed E-state index contributed by atoms with van der Waals surface area (Å²) in [4.78, 5) is 0. The van der Waals surface area contributed by atoms with Crippen LogP contribution in [0.1, 0.15) is 72.6 Å². The third-order valence-electron chi connectivity index (χ3n) is 4.72. The van der Waals surface area contributed by atoms with E-state index in [0.717, 1.165) is 56.1 Å². The molecule has 0 atom stereocenters. The molecule has 0 aromatic heterocycles. The lowest BCUT2D eigenvalue weighted by Gasteiger charge is -2.28. The summed E-state index contributed by atoms with van der Waals surface area (Å²) in [7, 11) is 0.608. The van der Waals surface area contributed by atoms with Gasteiger partial charge in [-0.1, -0.05) is 28.9 Å². The van der Waals surface area contributed by atoms with E-state index in [4.69, 9.17) is 4.55 Å². The maximum Gasteiger partial charge on any atom is 0.264 e. The maximum absolute atomic E-state index is 10.7. The van der Waals surface area contributed by atoms with Crippen LogP contribution in [0.25, 0.3) is 0 Å². The van der Waals surface area contributed by atoms with Crippen molar-refractivity contribution in [3.8, 4) is 0 Å². The van der Waals surface area contributed by atoms with Crippen LogP contribution >= 0.6 is 0 Å². The molecule has 27 heavy (non-hydrogen) atoms. The normalized spacial score (nSPS) is 13.7. The molecular formula is C22H42NO3S+. The number of allylic oxidation sites excluding steroid dienone is 5. The largest absolute Gasteiger partial charge is 0.325 e. The molecule has 0 radical (unpaired) electrons. The monoisotopic (exact) mass is 400 g/mol. The third kappa shape index (κ3) is 18.2. The molecule has 1 N–H and O–H groups in total. The van der Waals surface area contributed by atoms with Crippen molar-refractivity contribution in [3.05, 3.63) is 34.9 Å². The van der Waals surface area contributed by atoms with Crippen LogP contribution in [0.5, 0.6) is 0 Å². The molecule has 5 heteroatoms. The number of hydrogen-bond donors (Lipinski definition) is 1. The predicted molar refractivity (Wildman–Crippen MR) is 118 cm³/mol. The van der Waals surface area contributed by atoms with Gasteiger partial charge in [0.15, 0.2) is 0 Å². The molecule has 0 aromatic carbocycles. The van der Waals surface area contributed by atoms with Crippen molar-refractivity contribution in [1.82, 2.24) is 0 Å². The molecular weight excluding hydrogens is 358 g/mol. The summed E-state index contributed by atoms with van der Waals surface area (Å²) in [6, 6.07) is 0. The van der Waals surface area contributed by atoms with Gasteiger partial charge in [0.1, 0.15) is 0 Å². The van der Waals surface area contributed by atoms with Crippen molar-refractivity contribution in [2.24, 2.45) is 0 Å². The van der Waals surface area contributed by atoms with E-state index < -0.39 is 10.1 Å². The fourth-order valence-corrected chi connectivity index (χ4v) is 3.40. The SMILES string of the molecule is CC(C)=CCC/C(C)=C/CC/C(C)=C/C[N+](C)(C)CCCCCS(=O)(=O)O. The van der Waals surface area contributed by atoms with Crippen LogP contribution < -0.4 is 0 Å². The third-order valence-corrected chi connectivity index (χ3v) is 5.53. The molecule has 0 saturated heterocycles. The highest BCUT2D eigenvalue weighted by Crippen LogP contribution is 2.12. The molecule has 0 aliphatic rings. The molecule has 0 rings (SSSR count). The van der Waals surface area contributed by atoms with Gasteiger partial charge in [-0.05, 0) is 78.7 Å². The number of unbranched alkanes of at least 4 members (excludes halogenated alkanes) is 2. The maximum atomic E-state index is 10.7. The molecule has 0 heterocycles. The zero-order valence-electron chi connectivity index (χ0n) is 18.4. The summed E-state index contributed by atoms with van der Waals surface area (Å²) >= 11 is 0. The minimum atomic E-state index is -3.81. The van der Waals surface area contributed by atoms with E-state index in [0.29, 0.717) is 6.42 Å². The first-order valence-electron chi connectivity index (χ1n) is 10.1. The molecule has 0 saturated carbocycles. The first-order valence-corrected chi connectivity index (χ1v) is 11.7. The van der Waals surface area contributed by atoms with E-state index in [-0.39, 0.29) is 5.75 Å². The molecule has 0 unspecified atom stereocenters. The number of hydrogen-bond acceptors (Lipinski definition) is 2. The van der Waals surface area contributed by atoms with Gasteiger partial charge in [0, 0.05) is 0 Å². The van der Waals surface area contributed by atoms with Gasteiger partial charge in [-0.25, -0.2) is 0 Å². The predicted octanol–water partition coefficient (Wildman–Crippen LogP) is 5.54. The molecule has 158 valence electrons. The molecule has 0 fully saturated rings. The van der Waals surface area contributed by atoms with E-state index in [1.165, 1.54) is 16.7 Å². The highest BCUT2D eigenvalue weighted by molar-refractivity contribution is 7.85. The van der Waals surface area contributed by atoms with Gasteiger partial charge in [-0.3, -0.25) is 4.55 Å². The Morgan fingerprint density at radius 3 is 1.96 bits per heavy atom. The molecule has 0 aliphatic carbocycles. The second kappa shape index (κ2) is 13.3. The Bertz CT molecular complexity index is 609. The minimum absolute atomic E-state index is 0.124. The molecule has 0 aliphatic heterocycles. The van der Waals surface area contributed by atoms with Gasteiger partial charge in [0.25, 0.3) is 10.1 Å². The van der Waals surface area contributed by atoms with Gasteiger partial charge < -0.3 is 4.48 Å². The lowest BCUT2D eigenvalue weighted by molar-refractivity contribution is -0.884. The van der Waals surface area contributed by atoms with Crippen molar-refractivity contribution in [1.29, 1.82) is 0 Å². The Hall–Kier alpha value is -0.910. The zero-order valence-corrected chi connectivity index (χ0v) is 19.2. The smallest absolute Gasteiger partial charge is 0.264 e. The van der Waals surface area contributed by atoms with Crippen molar-refractivity contribution in [2.75, 3.05) is 32.9 Å². The second-order valence-electron chi connectivity index (χ2n) is 8.65. The quantitative estimate of drug-likeness (QED) is 0.180. The number of nitrogens with zero attached hydrogens (tertiary/aromatic N) is 1. The van der Waals surface area contributed by atoms with Crippen molar-refractivity contribution < 1.29 is 17.5 Å². The van der Waals surface area contributed by atoms with Gasteiger partial charge in [-0.15, -0.1) is 0 Å². The molecule has 0 bridgehead atoms. The number of likely N-dealkylation sites (N-methyl/N-ethyl adjacent to an activating group) is 1. The van der Waals surface area contributed by atoms with Crippen molar-refractivity contribution in [2.45, 2.75) is 72.6 Å². The number of rotatable bonds is 14. The number of quaternary nitrogens is 1. The van der Waals surface area contributed by atoms with E-state index >= 15 is 0 Å². The van der Waals surface area contributed by atoms with Gasteiger partial charge in [0.05, 0.1) is 32.9 Å². The van der Waals surface area contributed by atoms with Crippen LogP contribution in [0.4, 0.5) is 0 Å². The van der Waals surface area contributed by atoms with Crippen molar-refractivity contribution in [3.63, 3.8) is 0 Å². The van der Waals surface area contributed by atoms with E-state index in [2.05, 4.69) is 60.0 Å². The van der Waals surface area contributed by atoms with Crippen LogP contribution in [0, 0.1) is 0 Å². The molecule has 0 amide bonds. The fraction of sp³-hybridized carbons (Fsp3) is 0.727. The highest BCUT2D eigenvalue weighted by atomic mass is 32.2. The Balaban J connectivity index is 4.10. The summed E-state index contributed by atoms with van der Waals surface area (Å²) in [6.45, 7) is 10.7. The summed E-state index contributed by atoms with van der Waals surface area (Å²) in [6.07, 6.45) is 13.8. The zero-order chi connectivity index (χ0) is 20.9. The summed E-state index contributed by atoms with van der Waals surface area (Å²) in [5.74, 6) is -0.124. The van der Waals surface area contributed by atoms with E-state index in [9.17, 15) is 8.42 Å². The van der Waals surface area contributed by atoms with Crippen LogP contribution in [0.2, 0.25) is 0 Å². The lowest BCUT2D eigenvalue weighted by Crippen LogP contribution is -2.40. The van der Waals surface area contributed by atoms with Gasteiger partial charge >= 0.3 is 0 Å². The van der Waals surface area contributed by atoms with Crippen LogP contribution in [0.15, 0.2) is 34.9 Å². The summed E-state index contributed by atoms with van der Waals surface area (Å²) in [5, 5.41) is 0. The first kappa shape index (κ1) is 26.1. The van der Waals surface area contributed by atoms with Crippen LogP contribution in [-0.4, -0.2) is 50.4 Å². The Labute approximate surface area is 168 Å². The standard InChI is InChI=1S/C22H41NO3S/c1-20(2)12-10-13-21(3)14-11-15-22(4)16-18-23(5,6)17-8-7-9-19-27(24,25)26/h12,14,16H,7-11,13,15,17-19H2,1-6H3/p+1/b21-14+,22-16+. The van der Waals surface area contributed by atoms with Gasteiger partial charge in [-0.2, -0.15) is 8.42 Å². The van der Waals surface area contributed by atoms with Gasteiger partial charge in [0.2, 0.25) is 0 Å². The van der Waals surface area contributed by atoms with E-state index in [1.54, 1.807) is 0 Å². The Morgan fingerprint density at radius 2 is 1.41 bits per heavy atom. The second-order valence-corrected chi connectivity index (χ2v) is 10.2.